The molecule has 0 saturated heterocycles. The van der Waals surface area contributed by atoms with Crippen molar-refractivity contribution in [1.82, 2.24) is 0 Å². The highest BCUT2D eigenvalue weighted by molar-refractivity contribution is 9.10. The second kappa shape index (κ2) is 6.88. The molecule has 0 atom stereocenters. The maximum Gasteiger partial charge on any atom is 0.220 e. The van der Waals surface area contributed by atoms with Crippen LogP contribution in [-0.2, 0) is 0 Å². The van der Waals surface area contributed by atoms with E-state index in [0.29, 0.717) is 5.96 Å². The quantitative estimate of drug-likeness (QED) is 0.675. The number of phenols is 1. The zero-order valence-electron chi connectivity index (χ0n) is 14.9. The molecule has 4 rings (SSSR count). The van der Waals surface area contributed by atoms with Gasteiger partial charge in [0.05, 0.1) is 5.69 Å². The third-order valence-electron chi connectivity index (χ3n) is 5.26. The minimum atomic E-state index is -0.544. The van der Waals surface area contributed by atoms with Gasteiger partial charge in [-0.05, 0) is 53.7 Å². The summed E-state index contributed by atoms with van der Waals surface area (Å²) in [6.07, 6.45) is 4.98. The molecule has 7 heteroatoms. The lowest BCUT2D eigenvalue weighted by molar-refractivity contribution is 0.305. The van der Waals surface area contributed by atoms with Crippen LogP contribution in [-0.4, -0.2) is 22.7 Å². The molecule has 2 aliphatic rings. The van der Waals surface area contributed by atoms with Crippen molar-refractivity contribution in [3.05, 3.63) is 46.9 Å². The Morgan fingerprint density at radius 3 is 2.41 bits per heavy atom. The van der Waals surface area contributed by atoms with E-state index >= 15 is 0 Å². The first-order valence-electron chi connectivity index (χ1n) is 9.08. The molecule has 1 saturated carbocycles. The first-order chi connectivity index (χ1) is 13.0. The van der Waals surface area contributed by atoms with Gasteiger partial charge in [0.2, 0.25) is 11.9 Å². The monoisotopic (exact) mass is 427 g/mol. The average Bonchev–Trinajstić information content (AvgIpc) is 2.63. The fourth-order valence-corrected chi connectivity index (χ4v) is 4.65. The number of hydrogen-bond donors (Lipinski definition) is 3. The topological polar surface area (TPSA) is 100 Å². The number of phenolic OH excluding ortho intramolecular Hbond substituents is 1. The Morgan fingerprint density at radius 1 is 0.963 bits per heavy atom. The van der Waals surface area contributed by atoms with Gasteiger partial charge in [0, 0.05) is 15.6 Å². The number of rotatable bonds is 2. The van der Waals surface area contributed by atoms with Crippen LogP contribution in [0.25, 0.3) is 11.1 Å². The molecule has 2 aromatic carbocycles. The average molecular weight is 428 g/mol. The largest absolute Gasteiger partial charge is 0.507 e. The predicted octanol–water partition coefficient (Wildman–Crippen LogP) is 3.93. The van der Waals surface area contributed by atoms with Crippen molar-refractivity contribution in [3.8, 4) is 16.9 Å². The molecule has 27 heavy (non-hydrogen) atoms. The van der Waals surface area contributed by atoms with Gasteiger partial charge in [0.25, 0.3) is 0 Å². The Hall–Kier alpha value is -2.54. The number of aromatic hydroxyl groups is 1. The van der Waals surface area contributed by atoms with Crippen LogP contribution in [0.2, 0.25) is 0 Å². The van der Waals surface area contributed by atoms with Gasteiger partial charge in [-0.2, -0.15) is 4.99 Å². The van der Waals surface area contributed by atoms with Gasteiger partial charge in [-0.1, -0.05) is 36.8 Å². The lowest BCUT2D eigenvalue weighted by Gasteiger charge is -2.46. The minimum Gasteiger partial charge on any atom is -0.507 e. The highest BCUT2D eigenvalue weighted by Crippen LogP contribution is 2.47. The summed E-state index contributed by atoms with van der Waals surface area (Å²) in [6, 6.07) is 13.2. The Morgan fingerprint density at radius 2 is 1.67 bits per heavy atom. The van der Waals surface area contributed by atoms with Crippen LogP contribution in [0.1, 0.15) is 32.1 Å². The van der Waals surface area contributed by atoms with Crippen LogP contribution in [0.4, 0.5) is 5.69 Å². The number of halogens is 1. The summed E-state index contributed by atoms with van der Waals surface area (Å²) in [5.41, 5.74) is 14.3. The number of nitrogens with zero attached hydrogens (tertiary/aromatic N) is 3. The van der Waals surface area contributed by atoms with Crippen molar-refractivity contribution >= 4 is 33.5 Å². The fourth-order valence-electron chi connectivity index (χ4n) is 4.11. The van der Waals surface area contributed by atoms with Crippen LogP contribution in [0.3, 0.4) is 0 Å². The summed E-state index contributed by atoms with van der Waals surface area (Å²) in [4.78, 5) is 11.0. The summed E-state index contributed by atoms with van der Waals surface area (Å²) in [7, 11) is 0. The van der Waals surface area contributed by atoms with Crippen LogP contribution in [0, 0.1) is 0 Å². The molecule has 2 aromatic rings. The number of nitrogens with two attached hydrogens (primary N) is 2. The van der Waals surface area contributed by atoms with Crippen molar-refractivity contribution in [2.75, 3.05) is 4.90 Å². The van der Waals surface area contributed by atoms with E-state index in [9.17, 15) is 5.11 Å². The number of benzene rings is 2. The highest BCUT2D eigenvalue weighted by atomic mass is 79.9. The van der Waals surface area contributed by atoms with Crippen LogP contribution >= 0.6 is 15.9 Å². The van der Waals surface area contributed by atoms with Crippen molar-refractivity contribution < 1.29 is 5.11 Å². The first-order valence-corrected chi connectivity index (χ1v) is 9.88. The van der Waals surface area contributed by atoms with Crippen LogP contribution < -0.4 is 16.4 Å². The van der Waals surface area contributed by atoms with Gasteiger partial charge >= 0.3 is 0 Å². The lowest BCUT2D eigenvalue weighted by Crippen LogP contribution is -2.58. The van der Waals surface area contributed by atoms with E-state index in [1.807, 2.05) is 35.2 Å². The van der Waals surface area contributed by atoms with Gasteiger partial charge in [0.1, 0.15) is 11.4 Å². The van der Waals surface area contributed by atoms with E-state index < -0.39 is 5.66 Å². The van der Waals surface area contributed by atoms with Gasteiger partial charge in [-0.3, -0.25) is 4.90 Å². The normalized spacial score (nSPS) is 18.9. The summed E-state index contributed by atoms with van der Waals surface area (Å²) >= 11 is 3.68. The molecule has 0 unspecified atom stereocenters. The molecule has 1 aliphatic carbocycles. The van der Waals surface area contributed by atoms with Gasteiger partial charge in [0.15, 0.2) is 0 Å². The second-order valence-corrected chi connectivity index (χ2v) is 7.83. The van der Waals surface area contributed by atoms with Gasteiger partial charge in [-0.25, -0.2) is 4.99 Å². The zero-order valence-corrected chi connectivity index (χ0v) is 16.5. The van der Waals surface area contributed by atoms with Gasteiger partial charge in [-0.15, -0.1) is 0 Å². The molecule has 1 heterocycles. The smallest absolute Gasteiger partial charge is 0.220 e. The summed E-state index contributed by atoms with van der Waals surface area (Å²) < 4.78 is 0.863. The Bertz CT molecular complexity index is 934. The van der Waals surface area contributed by atoms with E-state index in [1.54, 1.807) is 12.1 Å². The molecular formula is C20H22BrN5O. The number of aliphatic imine (C=N–C) groups is 2. The van der Waals surface area contributed by atoms with Crippen LogP contribution in [0.15, 0.2) is 56.9 Å². The summed E-state index contributed by atoms with van der Waals surface area (Å²) in [5.74, 6) is 0.764. The molecule has 5 N–H and O–H groups in total. The van der Waals surface area contributed by atoms with Crippen LogP contribution in [0.5, 0.6) is 5.75 Å². The molecule has 140 valence electrons. The van der Waals surface area contributed by atoms with E-state index in [4.69, 9.17) is 16.5 Å². The fraction of sp³-hybridized carbons (Fsp3) is 0.300. The van der Waals surface area contributed by atoms with E-state index in [0.717, 1.165) is 47.0 Å². The van der Waals surface area contributed by atoms with E-state index in [2.05, 4.69) is 20.9 Å². The molecule has 1 fully saturated rings. The van der Waals surface area contributed by atoms with Crippen molar-refractivity contribution in [2.24, 2.45) is 21.5 Å². The summed E-state index contributed by atoms with van der Waals surface area (Å²) in [5, 5.41) is 10.4. The van der Waals surface area contributed by atoms with E-state index in [1.165, 1.54) is 6.42 Å². The number of anilines is 1. The Labute approximate surface area is 166 Å². The SMILES string of the molecule is NC1=NC2(CCCCC2)N(c2c(Br)cccc2-c2ccccc2O)C(N)=N1. The third kappa shape index (κ3) is 3.06. The Balaban J connectivity index is 1.95. The molecule has 1 spiro atoms. The maximum atomic E-state index is 10.4. The minimum absolute atomic E-state index is 0.213. The summed E-state index contributed by atoms with van der Waals surface area (Å²) in [6.45, 7) is 0. The number of hydrogen-bond acceptors (Lipinski definition) is 6. The van der Waals surface area contributed by atoms with Crippen molar-refractivity contribution in [3.63, 3.8) is 0 Å². The maximum absolute atomic E-state index is 10.4. The molecule has 0 amide bonds. The molecular weight excluding hydrogens is 406 g/mol. The number of guanidine groups is 2. The Kier molecular flexibility index (Phi) is 4.55. The lowest BCUT2D eigenvalue weighted by atomic mass is 9.86. The standard InChI is InChI=1S/C20H22BrN5O/c21-15-9-6-8-14(13-7-2-3-10-16(13)27)17(15)26-19(23)24-18(22)25-20(26)11-4-1-5-12-20/h2-3,6-10,27H,1,4-5,11-12H2,(H4,22,23,24,25). The van der Waals surface area contributed by atoms with E-state index in [-0.39, 0.29) is 11.7 Å². The van der Waals surface area contributed by atoms with Crippen molar-refractivity contribution in [2.45, 2.75) is 37.8 Å². The second-order valence-electron chi connectivity index (χ2n) is 6.97. The highest BCUT2D eigenvalue weighted by Gasteiger charge is 2.44. The molecule has 6 nitrogen and oxygen atoms in total. The van der Waals surface area contributed by atoms with Gasteiger partial charge < -0.3 is 16.6 Å². The van der Waals surface area contributed by atoms with Crippen molar-refractivity contribution in [1.29, 1.82) is 0 Å². The number of para-hydroxylation sites is 2. The molecule has 0 radical (unpaired) electrons. The first kappa shape index (κ1) is 17.9. The molecule has 0 bridgehead atoms. The third-order valence-corrected chi connectivity index (χ3v) is 5.90. The molecule has 1 aliphatic heterocycles. The predicted molar refractivity (Wildman–Crippen MR) is 113 cm³/mol. The molecule has 0 aromatic heterocycles. The zero-order chi connectivity index (χ0) is 19.0.